The quantitative estimate of drug-likeness (QED) is 0.279. The lowest BCUT2D eigenvalue weighted by Gasteiger charge is -2.25. The van der Waals surface area contributed by atoms with Crippen molar-refractivity contribution in [2.45, 2.75) is 11.4 Å². The van der Waals surface area contributed by atoms with Gasteiger partial charge in [0, 0.05) is 27.5 Å². The molecule has 11 heteroatoms. The number of methoxy groups -OCH3 is 1. The number of anilines is 1. The summed E-state index contributed by atoms with van der Waals surface area (Å²) in [4.78, 5) is 24.6. The van der Waals surface area contributed by atoms with Gasteiger partial charge in [0.05, 0.1) is 17.7 Å². The lowest BCUT2D eigenvalue weighted by atomic mass is 10.0. The topological polar surface area (TPSA) is 113 Å². The Hall–Kier alpha value is -3.79. The van der Waals surface area contributed by atoms with Gasteiger partial charge in [-0.15, -0.1) is 0 Å². The molecule has 38 heavy (non-hydrogen) atoms. The minimum absolute atomic E-state index is 0.0827. The molecule has 0 aliphatic heterocycles. The van der Waals surface area contributed by atoms with Crippen LogP contribution in [0.15, 0.2) is 83.8 Å². The fraction of sp³-hybridized carbons (Fsp3) is 0.111. The molecule has 0 saturated carbocycles. The number of sulfonamides is 1. The number of carboxylic acids is 1. The van der Waals surface area contributed by atoms with Gasteiger partial charge in [-0.1, -0.05) is 59.6 Å². The van der Waals surface area contributed by atoms with Crippen molar-refractivity contribution < 1.29 is 27.9 Å². The molecular formula is C27H22Cl2N2O6S. The Kier molecular flexibility index (Phi) is 8.11. The molecule has 0 radical (unpaired) electrons. The SMILES string of the molecule is COc1cccc(CNC(=O)c2cccc3c(N(CC(=O)O)S(=O)(=O)c4cc(Cl)cc(Cl)c4)cccc23)c1. The number of carbonyl (C=O) groups is 2. The lowest BCUT2D eigenvalue weighted by Crippen LogP contribution is -2.36. The van der Waals surface area contributed by atoms with Crippen LogP contribution in [0.5, 0.6) is 5.75 Å². The molecule has 1 amide bonds. The Balaban J connectivity index is 1.75. The highest BCUT2D eigenvalue weighted by molar-refractivity contribution is 7.92. The number of benzene rings is 4. The van der Waals surface area contributed by atoms with Gasteiger partial charge in [-0.25, -0.2) is 8.42 Å². The maximum atomic E-state index is 13.6. The Labute approximate surface area is 229 Å². The molecule has 0 heterocycles. The summed E-state index contributed by atoms with van der Waals surface area (Å²) in [6.07, 6.45) is 0. The normalized spacial score (nSPS) is 11.2. The summed E-state index contributed by atoms with van der Waals surface area (Å²) in [6, 6.07) is 20.6. The van der Waals surface area contributed by atoms with E-state index in [0.717, 1.165) is 9.87 Å². The summed E-state index contributed by atoms with van der Waals surface area (Å²) >= 11 is 12.0. The van der Waals surface area contributed by atoms with Crippen molar-refractivity contribution in [2.75, 3.05) is 18.0 Å². The molecule has 0 unspecified atom stereocenters. The van der Waals surface area contributed by atoms with Crippen molar-refractivity contribution in [1.82, 2.24) is 5.32 Å². The summed E-state index contributed by atoms with van der Waals surface area (Å²) < 4.78 is 33.2. The van der Waals surface area contributed by atoms with Crippen LogP contribution >= 0.6 is 23.2 Å². The second kappa shape index (κ2) is 11.3. The van der Waals surface area contributed by atoms with Gasteiger partial charge < -0.3 is 15.2 Å². The van der Waals surface area contributed by atoms with Crippen molar-refractivity contribution in [3.05, 3.63) is 100 Å². The number of aliphatic carboxylic acids is 1. The van der Waals surface area contributed by atoms with E-state index in [9.17, 15) is 23.1 Å². The number of halogens is 2. The highest BCUT2D eigenvalue weighted by Crippen LogP contribution is 2.34. The van der Waals surface area contributed by atoms with E-state index in [-0.39, 0.29) is 33.1 Å². The number of nitrogens with one attached hydrogen (secondary N) is 1. The average molecular weight is 573 g/mol. The van der Waals surface area contributed by atoms with Crippen LogP contribution in [-0.4, -0.2) is 39.1 Å². The van der Waals surface area contributed by atoms with Gasteiger partial charge in [-0.05, 0) is 53.4 Å². The molecule has 0 atom stereocenters. The van der Waals surface area contributed by atoms with Crippen LogP contribution in [0.25, 0.3) is 10.8 Å². The van der Waals surface area contributed by atoms with E-state index in [2.05, 4.69) is 5.32 Å². The zero-order valence-corrected chi connectivity index (χ0v) is 22.3. The summed E-state index contributed by atoms with van der Waals surface area (Å²) in [7, 11) is -2.84. The van der Waals surface area contributed by atoms with Crippen LogP contribution in [0.4, 0.5) is 5.69 Å². The van der Waals surface area contributed by atoms with E-state index in [0.29, 0.717) is 22.1 Å². The molecule has 2 N–H and O–H groups in total. The van der Waals surface area contributed by atoms with E-state index < -0.39 is 22.5 Å². The minimum atomic E-state index is -4.40. The predicted molar refractivity (Wildman–Crippen MR) is 147 cm³/mol. The molecule has 0 aromatic heterocycles. The maximum absolute atomic E-state index is 13.6. The van der Waals surface area contributed by atoms with Crippen molar-refractivity contribution in [2.24, 2.45) is 0 Å². The molecule has 0 spiro atoms. The van der Waals surface area contributed by atoms with E-state index in [1.165, 1.54) is 24.3 Å². The Morgan fingerprint density at radius 1 is 0.921 bits per heavy atom. The van der Waals surface area contributed by atoms with Crippen LogP contribution in [0, 0.1) is 0 Å². The van der Waals surface area contributed by atoms with Crippen LogP contribution in [0.2, 0.25) is 10.0 Å². The van der Waals surface area contributed by atoms with E-state index in [1.54, 1.807) is 49.6 Å². The van der Waals surface area contributed by atoms with Gasteiger partial charge in [-0.3, -0.25) is 13.9 Å². The number of nitrogens with zero attached hydrogens (tertiary/aromatic N) is 1. The molecule has 8 nitrogen and oxygen atoms in total. The fourth-order valence-corrected chi connectivity index (χ4v) is 6.16. The van der Waals surface area contributed by atoms with Gasteiger partial charge in [0.2, 0.25) is 0 Å². The first-order valence-electron chi connectivity index (χ1n) is 11.2. The summed E-state index contributed by atoms with van der Waals surface area (Å²) in [5, 5.41) is 13.4. The third-order valence-electron chi connectivity index (χ3n) is 5.70. The standard InChI is InChI=1S/C27H22Cl2N2O6S/c1-37-20-6-2-5-17(11-20)15-30-27(34)24-9-3-8-23-22(24)7-4-10-25(23)31(16-26(32)33)38(35,36)21-13-18(28)12-19(29)14-21/h2-14H,15-16H2,1H3,(H,30,34)(H,32,33). The fourth-order valence-electron chi connectivity index (χ4n) is 4.00. The van der Waals surface area contributed by atoms with E-state index in [4.69, 9.17) is 27.9 Å². The molecule has 4 aromatic carbocycles. The first-order valence-corrected chi connectivity index (χ1v) is 13.4. The first kappa shape index (κ1) is 27.3. The van der Waals surface area contributed by atoms with Crippen LogP contribution in [0.1, 0.15) is 15.9 Å². The van der Waals surface area contributed by atoms with Crippen molar-refractivity contribution in [3.63, 3.8) is 0 Å². The number of hydrogen-bond acceptors (Lipinski definition) is 5. The number of carboxylic acid groups (broad SMARTS) is 1. The smallest absolute Gasteiger partial charge is 0.324 e. The molecule has 0 aliphatic carbocycles. The first-order chi connectivity index (χ1) is 18.1. The summed E-state index contributed by atoms with van der Waals surface area (Å²) in [5.74, 6) is -1.09. The molecule has 0 aliphatic rings. The highest BCUT2D eigenvalue weighted by Gasteiger charge is 2.29. The molecule has 0 saturated heterocycles. The van der Waals surface area contributed by atoms with Gasteiger partial charge in [-0.2, -0.15) is 0 Å². The molecule has 0 fully saturated rings. The van der Waals surface area contributed by atoms with Crippen LogP contribution in [0.3, 0.4) is 0 Å². The number of amides is 1. The zero-order chi connectivity index (χ0) is 27.4. The minimum Gasteiger partial charge on any atom is -0.497 e. The number of fused-ring (bicyclic) bond motifs is 1. The Morgan fingerprint density at radius 3 is 2.26 bits per heavy atom. The largest absolute Gasteiger partial charge is 0.497 e. The third kappa shape index (κ3) is 5.85. The summed E-state index contributed by atoms with van der Waals surface area (Å²) in [5.41, 5.74) is 1.21. The highest BCUT2D eigenvalue weighted by atomic mass is 35.5. The van der Waals surface area contributed by atoms with Crippen molar-refractivity contribution in [3.8, 4) is 5.75 Å². The van der Waals surface area contributed by atoms with Gasteiger partial charge >= 0.3 is 5.97 Å². The number of hydrogen-bond donors (Lipinski definition) is 2. The van der Waals surface area contributed by atoms with Gasteiger partial charge in [0.15, 0.2) is 0 Å². The molecular weight excluding hydrogens is 551 g/mol. The monoisotopic (exact) mass is 572 g/mol. The molecule has 0 bridgehead atoms. The molecule has 4 aromatic rings. The number of ether oxygens (including phenoxy) is 1. The third-order valence-corrected chi connectivity index (χ3v) is 7.88. The second-order valence-electron chi connectivity index (χ2n) is 8.22. The number of rotatable bonds is 9. The van der Waals surface area contributed by atoms with Crippen LogP contribution < -0.4 is 14.4 Å². The van der Waals surface area contributed by atoms with Crippen molar-refractivity contribution >= 4 is 61.6 Å². The Bertz CT molecular complexity index is 1620. The lowest BCUT2D eigenvalue weighted by molar-refractivity contribution is -0.135. The second-order valence-corrected chi connectivity index (χ2v) is 11.0. The Morgan fingerprint density at radius 2 is 1.58 bits per heavy atom. The predicted octanol–water partition coefficient (Wildman–Crippen LogP) is 5.37. The maximum Gasteiger partial charge on any atom is 0.324 e. The molecule has 196 valence electrons. The van der Waals surface area contributed by atoms with Crippen LogP contribution in [-0.2, 0) is 21.4 Å². The number of carbonyl (C=O) groups excluding carboxylic acids is 1. The summed E-state index contributed by atoms with van der Waals surface area (Å²) in [6.45, 7) is -0.626. The average Bonchev–Trinajstić information content (AvgIpc) is 2.89. The zero-order valence-electron chi connectivity index (χ0n) is 20.0. The van der Waals surface area contributed by atoms with Crippen molar-refractivity contribution in [1.29, 1.82) is 0 Å². The van der Waals surface area contributed by atoms with Gasteiger partial charge in [0.1, 0.15) is 12.3 Å². The van der Waals surface area contributed by atoms with E-state index >= 15 is 0 Å². The van der Waals surface area contributed by atoms with Gasteiger partial charge in [0.25, 0.3) is 15.9 Å². The molecule has 4 rings (SSSR count). The van der Waals surface area contributed by atoms with E-state index in [1.807, 2.05) is 12.1 Å².